The maximum absolute atomic E-state index is 4.45. The van der Waals surface area contributed by atoms with E-state index in [0.717, 1.165) is 17.8 Å². The Balaban J connectivity index is 2.30. The number of aromatic nitrogens is 2. The highest BCUT2D eigenvalue weighted by Crippen LogP contribution is 2.36. The maximum Gasteiger partial charge on any atom is 0.0923 e. The van der Waals surface area contributed by atoms with E-state index in [-0.39, 0.29) is 0 Å². The summed E-state index contributed by atoms with van der Waals surface area (Å²) in [5, 5.41) is 0. The summed E-state index contributed by atoms with van der Waals surface area (Å²) >= 11 is 0. The van der Waals surface area contributed by atoms with Gasteiger partial charge in [-0.25, -0.2) is 0 Å². The van der Waals surface area contributed by atoms with Gasteiger partial charge in [-0.3, -0.25) is 9.97 Å². The first kappa shape index (κ1) is 8.60. The molecule has 1 atom stereocenters. The second kappa shape index (κ2) is 3.16. The summed E-state index contributed by atoms with van der Waals surface area (Å²) in [5.41, 5.74) is 4.76. The van der Waals surface area contributed by atoms with Crippen LogP contribution < -0.4 is 0 Å². The first-order chi connectivity index (χ1) is 7.36. The van der Waals surface area contributed by atoms with Crippen molar-refractivity contribution >= 4 is 0 Å². The normalized spacial score (nSPS) is 18.1. The van der Waals surface area contributed by atoms with E-state index in [1.165, 1.54) is 11.1 Å². The van der Waals surface area contributed by atoms with Crippen molar-refractivity contribution in [2.45, 2.75) is 19.3 Å². The average molecular weight is 196 g/mol. The van der Waals surface area contributed by atoms with Gasteiger partial charge in [0.15, 0.2) is 0 Å². The summed E-state index contributed by atoms with van der Waals surface area (Å²) in [7, 11) is 0. The Labute approximate surface area is 89.0 Å². The fourth-order valence-corrected chi connectivity index (χ4v) is 2.27. The minimum Gasteiger partial charge on any atom is -0.254 e. The quantitative estimate of drug-likeness (QED) is 0.647. The van der Waals surface area contributed by atoms with Crippen LogP contribution >= 0.6 is 0 Å². The largest absolute Gasteiger partial charge is 0.254 e. The highest BCUT2D eigenvalue weighted by molar-refractivity contribution is 5.66. The molecule has 2 heteroatoms. The molecular weight excluding hydrogens is 184 g/mol. The second-order valence-corrected chi connectivity index (χ2v) is 4.06. The van der Waals surface area contributed by atoms with E-state index in [2.05, 4.69) is 29.0 Å². The van der Waals surface area contributed by atoms with Crippen molar-refractivity contribution in [2.24, 2.45) is 0 Å². The van der Waals surface area contributed by atoms with Gasteiger partial charge < -0.3 is 0 Å². The standard InChI is InChI=1S/C13H12N2/c1-9-8-10-4-2-6-14-12(10)13-11(9)5-3-7-15-13/h2-7,9H,8H2,1H3. The van der Waals surface area contributed by atoms with Crippen molar-refractivity contribution in [3.8, 4) is 11.4 Å². The molecule has 0 bridgehead atoms. The topological polar surface area (TPSA) is 25.8 Å². The van der Waals surface area contributed by atoms with Crippen LogP contribution in [0, 0.1) is 0 Å². The van der Waals surface area contributed by atoms with Crippen molar-refractivity contribution in [1.82, 2.24) is 9.97 Å². The van der Waals surface area contributed by atoms with Gasteiger partial charge in [0.05, 0.1) is 11.4 Å². The lowest BCUT2D eigenvalue weighted by atomic mass is 9.85. The predicted molar refractivity (Wildman–Crippen MR) is 59.6 cm³/mol. The van der Waals surface area contributed by atoms with Gasteiger partial charge in [-0.2, -0.15) is 0 Å². The summed E-state index contributed by atoms with van der Waals surface area (Å²) < 4.78 is 0. The molecule has 2 aromatic heterocycles. The van der Waals surface area contributed by atoms with E-state index in [9.17, 15) is 0 Å². The summed E-state index contributed by atoms with van der Waals surface area (Å²) in [4.78, 5) is 8.88. The average Bonchev–Trinajstić information content (AvgIpc) is 2.30. The first-order valence-electron chi connectivity index (χ1n) is 5.25. The molecule has 0 amide bonds. The van der Waals surface area contributed by atoms with Crippen LogP contribution in [0.4, 0.5) is 0 Å². The van der Waals surface area contributed by atoms with Crippen LogP contribution in [0.15, 0.2) is 36.7 Å². The van der Waals surface area contributed by atoms with Crippen molar-refractivity contribution in [3.05, 3.63) is 47.8 Å². The SMILES string of the molecule is CC1Cc2cccnc2-c2ncccc21. The van der Waals surface area contributed by atoms with Crippen LogP contribution in [0.25, 0.3) is 11.4 Å². The van der Waals surface area contributed by atoms with Crippen LogP contribution in [0.5, 0.6) is 0 Å². The van der Waals surface area contributed by atoms with Crippen LogP contribution in [-0.4, -0.2) is 9.97 Å². The molecule has 0 fully saturated rings. The van der Waals surface area contributed by atoms with Crippen LogP contribution in [0.2, 0.25) is 0 Å². The smallest absolute Gasteiger partial charge is 0.0923 e. The molecule has 0 radical (unpaired) electrons. The van der Waals surface area contributed by atoms with Gasteiger partial charge in [-0.05, 0) is 35.6 Å². The number of fused-ring (bicyclic) bond motifs is 3. The number of hydrogen-bond donors (Lipinski definition) is 0. The Kier molecular flexibility index (Phi) is 1.81. The third-order valence-corrected chi connectivity index (χ3v) is 3.01. The van der Waals surface area contributed by atoms with E-state index in [4.69, 9.17) is 0 Å². The van der Waals surface area contributed by atoms with E-state index in [1.54, 1.807) is 0 Å². The zero-order chi connectivity index (χ0) is 10.3. The molecule has 0 aromatic carbocycles. The van der Waals surface area contributed by atoms with Gasteiger partial charge in [0.2, 0.25) is 0 Å². The van der Waals surface area contributed by atoms with E-state index >= 15 is 0 Å². The Bertz CT molecular complexity index is 505. The lowest BCUT2D eigenvalue weighted by Gasteiger charge is -2.22. The fourth-order valence-electron chi connectivity index (χ4n) is 2.27. The monoisotopic (exact) mass is 196 g/mol. The fraction of sp³-hybridized carbons (Fsp3) is 0.231. The van der Waals surface area contributed by atoms with Crippen molar-refractivity contribution in [3.63, 3.8) is 0 Å². The summed E-state index contributed by atoms with van der Waals surface area (Å²) in [6.07, 6.45) is 4.75. The highest BCUT2D eigenvalue weighted by atomic mass is 14.8. The first-order valence-corrected chi connectivity index (χ1v) is 5.25. The molecule has 1 unspecified atom stereocenters. The minimum atomic E-state index is 0.547. The zero-order valence-corrected chi connectivity index (χ0v) is 8.64. The number of nitrogens with zero attached hydrogens (tertiary/aromatic N) is 2. The molecule has 0 saturated carbocycles. The Morgan fingerprint density at radius 3 is 2.67 bits per heavy atom. The van der Waals surface area contributed by atoms with Crippen LogP contribution in [-0.2, 0) is 6.42 Å². The summed E-state index contributed by atoms with van der Waals surface area (Å²) in [5.74, 6) is 0.547. The van der Waals surface area contributed by atoms with Gasteiger partial charge in [-0.15, -0.1) is 0 Å². The minimum absolute atomic E-state index is 0.547. The van der Waals surface area contributed by atoms with E-state index in [1.807, 2.05) is 24.5 Å². The Morgan fingerprint density at radius 2 is 1.80 bits per heavy atom. The lowest BCUT2D eigenvalue weighted by Crippen LogP contribution is -2.10. The highest BCUT2D eigenvalue weighted by Gasteiger charge is 2.22. The van der Waals surface area contributed by atoms with Crippen LogP contribution in [0.3, 0.4) is 0 Å². The second-order valence-electron chi connectivity index (χ2n) is 4.06. The van der Waals surface area contributed by atoms with Crippen molar-refractivity contribution < 1.29 is 0 Å². The third kappa shape index (κ3) is 1.25. The molecule has 1 aliphatic rings. The third-order valence-electron chi connectivity index (χ3n) is 3.01. The maximum atomic E-state index is 4.45. The van der Waals surface area contributed by atoms with Gasteiger partial charge >= 0.3 is 0 Å². The van der Waals surface area contributed by atoms with Gasteiger partial charge in [-0.1, -0.05) is 19.1 Å². The summed E-state index contributed by atoms with van der Waals surface area (Å²) in [6, 6.07) is 8.31. The molecule has 0 aliphatic heterocycles. The van der Waals surface area contributed by atoms with Crippen molar-refractivity contribution in [2.75, 3.05) is 0 Å². The lowest BCUT2D eigenvalue weighted by molar-refractivity contribution is 0.738. The Hall–Kier alpha value is -1.70. The van der Waals surface area contributed by atoms with Gasteiger partial charge in [0, 0.05) is 12.4 Å². The number of rotatable bonds is 0. The molecule has 0 spiro atoms. The molecule has 74 valence electrons. The van der Waals surface area contributed by atoms with Gasteiger partial charge in [0.25, 0.3) is 0 Å². The van der Waals surface area contributed by atoms with Crippen LogP contribution in [0.1, 0.15) is 24.0 Å². The predicted octanol–water partition coefficient (Wildman–Crippen LogP) is 2.80. The zero-order valence-electron chi connectivity index (χ0n) is 8.64. The molecule has 0 saturated heterocycles. The molecular formula is C13H12N2. The molecule has 2 nitrogen and oxygen atoms in total. The molecule has 2 heterocycles. The van der Waals surface area contributed by atoms with Crippen molar-refractivity contribution in [1.29, 1.82) is 0 Å². The summed E-state index contributed by atoms with van der Waals surface area (Å²) in [6.45, 7) is 2.25. The molecule has 2 aromatic rings. The molecule has 15 heavy (non-hydrogen) atoms. The number of hydrogen-bond acceptors (Lipinski definition) is 2. The van der Waals surface area contributed by atoms with E-state index in [0.29, 0.717) is 5.92 Å². The molecule has 3 rings (SSSR count). The van der Waals surface area contributed by atoms with Gasteiger partial charge in [0.1, 0.15) is 0 Å². The molecule has 1 aliphatic carbocycles. The van der Waals surface area contributed by atoms with E-state index < -0.39 is 0 Å². The number of pyridine rings is 2. The molecule has 0 N–H and O–H groups in total. The Morgan fingerprint density at radius 1 is 1.07 bits per heavy atom.